The van der Waals surface area contributed by atoms with Crippen LogP contribution in [0.4, 0.5) is 0 Å². The quantitative estimate of drug-likeness (QED) is 0.660. The molecule has 1 N–H and O–H groups in total. The van der Waals surface area contributed by atoms with E-state index in [1.165, 1.54) is 16.5 Å². The van der Waals surface area contributed by atoms with E-state index in [9.17, 15) is 0 Å². The molecule has 0 saturated carbocycles. The maximum absolute atomic E-state index is 3.38. The van der Waals surface area contributed by atoms with Crippen LogP contribution in [0.15, 0.2) is 60.7 Å². The van der Waals surface area contributed by atoms with Gasteiger partial charge in [0, 0.05) is 11.2 Å². The number of aromatic amines is 1. The zero-order chi connectivity index (χ0) is 11.5. The van der Waals surface area contributed by atoms with Crippen LogP contribution >= 0.6 is 0 Å². The highest BCUT2D eigenvalue weighted by Crippen LogP contribution is 2.16. The van der Waals surface area contributed by atoms with E-state index < -0.39 is 0 Å². The van der Waals surface area contributed by atoms with Gasteiger partial charge in [0.2, 0.25) is 0 Å². The van der Waals surface area contributed by atoms with Crippen LogP contribution in [0, 0.1) is 0 Å². The summed E-state index contributed by atoms with van der Waals surface area (Å²) in [6.07, 6.45) is 4.22. The van der Waals surface area contributed by atoms with Crippen molar-refractivity contribution < 1.29 is 0 Å². The number of benzene rings is 2. The Balaban J connectivity index is 1.92. The van der Waals surface area contributed by atoms with Gasteiger partial charge in [-0.25, -0.2) is 0 Å². The number of hydrogen-bond acceptors (Lipinski definition) is 0. The van der Waals surface area contributed by atoms with Crippen LogP contribution in [0.25, 0.3) is 23.1 Å². The van der Waals surface area contributed by atoms with Crippen LogP contribution in [0.2, 0.25) is 0 Å². The number of rotatable bonds is 2. The Labute approximate surface area is 100 Å². The van der Waals surface area contributed by atoms with Crippen LogP contribution < -0.4 is 0 Å². The lowest BCUT2D eigenvalue weighted by Crippen LogP contribution is -1.71. The number of H-pyrrole nitrogens is 1. The van der Waals surface area contributed by atoms with Crippen molar-refractivity contribution in [2.75, 3.05) is 0 Å². The summed E-state index contributed by atoms with van der Waals surface area (Å²) in [5.41, 5.74) is 3.53. The van der Waals surface area contributed by atoms with Gasteiger partial charge in [-0.1, -0.05) is 54.6 Å². The number of fused-ring (bicyclic) bond motifs is 1. The lowest BCUT2D eigenvalue weighted by molar-refractivity contribution is 1.43. The Bertz CT molecular complexity index is 614. The molecule has 1 aromatic heterocycles. The molecule has 0 fully saturated rings. The molecule has 0 atom stereocenters. The van der Waals surface area contributed by atoms with E-state index in [2.05, 4.69) is 53.5 Å². The van der Waals surface area contributed by atoms with Crippen molar-refractivity contribution in [3.63, 3.8) is 0 Å². The topological polar surface area (TPSA) is 15.8 Å². The molecule has 1 heterocycles. The van der Waals surface area contributed by atoms with Gasteiger partial charge >= 0.3 is 0 Å². The molecular weight excluding hydrogens is 206 g/mol. The molecular formula is C16H13N. The lowest BCUT2D eigenvalue weighted by Gasteiger charge is -1.90. The van der Waals surface area contributed by atoms with Crippen molar-refractivity contribution in [1.82, 2.24) is 4.98 Å². The van der Waals surface area contributed by atoms with E-state index in [1.54, 1.807) is 0 Å². The molecule has 0 saturated heterocycles. The van der Waals surface area contributed by atoms with Crippen molar-refractivity contribution in [2.24, 2.45) is 0 Å². The summed E-state index contributed by atoms with van der Waals surface area (Å²) in [6, 6.07) is 20.8. The summed E-state index contributed by atoms with van der Waals surface area (Å²) in [4.78, 5) is 3.38. The Morgan fingerprint density at radius 3 is 2.35 bits per heavy atom. The molecule has 17 heavy (non-hydrogen) atoms. The maximum atomic E-state index is 3.38. The summed E-state index contributed by atoms with van der Waals surface area (Å²) in [6.45, 7) is 0. The monoisotopic (exact) mass is 219 g/mol. The summed E-state index contributed by atoms with van der Waals surface area (Å²) >= 11 is 0. The van der Waals surface area contributed by atoms with E-state index in [1.807, 2.05) is 24.3 Å². The second-order valence-corrected chi connectivity index (χ2v) is 4.06. The molecule has 0 aliphatic rings. The molecule has 1 nitrogen and oxygen atoms in total. The third kappa shape index (κ3) is 2.13. The predicted molar refractivity (Wildman–Crippen MR) is 73.7 cm³/mol. The summed E-state index contributed by atoms with van der Waals surface area (Å²) in [7, 11) is 0. The number of aromatic nitrogens is 1. The van der Waals surface area contributed by atoms with Crippen LogP contribution in [0.3, 0.4) is 0 Å². The van der Waals surface area contributed by atoms with Gasteiger partial charge in [0.05, 0.1) is 0 Å². The average Bonchev–Trinajstić information content (AvgIpc) is 2.80. The molecule has 0 unspecified atom stereocenters. The third-order valence-corrected chi connectivity index (χ3v) is 2.81. The third-order valence-electron chi connectivity index (χ3n) is 2.81. The zero-order valence-corrected chi connectivity index (χ0v) is 9.43. The van der Waals surface area contributed by atoms with E-state index in [4.69, 9.17) is 0 Å². The van der Waals surface area contributed by atoms with Gasteiger partial charge in [-0.2, -0.15) is 0 Å². The lowest BCUT2D eigenvalue weighted by atomic mass is 10.2. The summed E-state index contributed by atoms with van der Waals surface area (Å²) in [5.74, 6) is 0. The Kier molecular flexibility index (Phi) is 2.51. The zero-order valence-electron chi connectivity index (χ0n) is 9.43. The highest BCUT2D eigenvalue weighted by atomic mass is 14.7. The molecule has 82 valence electrons. The van der Waals surface area contributed by atoms with Crippen LogP contribution in [0.5, 0.6) is 0 Å². The van der Waals surface area contributed by atoms with Gasteiger partial charge in [0.15, 0.2) is 0 Å². The van der Waals surface area contributed by atoms with E-state index in [0.717, 1.165) is 5.69 Å². The highest BCUT2D eigenvalue weighted by Gasteiger charge is 1.95. The molecule has 0 radical (unpaired) electrons. The van der Waals surface area contributed by atoms with E-state index in [-0.39, 0.29) is 0 Å². The van der Waals surface area contributed by atoms with Gasteiger partial charge in [-0.05, 0) is 29.2 Å². The van der Waals surface area contributed by atoms with Crippen LogP contribution in [-0.2, 0) is 0 Å². The first-order valence-corrected chi connectivity index (χ1v) is 5.73. The largest absolute Gasteiger partial charge is 0.355 e. The SMILES string of the molecule is C(=C/c1cc2ccccc2[nH]1)/c1ccccc1. The summed E-state index contributed by atoms with van der Waals surface area (Å²) < 4.78 is 0. The van der Waals surface area contributed by atoms with Gasteiger partial charge in [0.25, 0.3) is 0 Å². The average molecular weight is 219 g/mol. The number of nitrogens with one attached hydrogen (secondary N) is 1. The molecule has 3 rings (SSSR count). The molecule has 0 bridgehead atoms. The van der Waals surface area contributed by atoms with E-state index >= 15 is 0 Å². The van der Waals surface area contributed by atoms with Gasteiger partial charge in [0.1, 0.15) is 0 Å². The van der Waals surface area contributed by atoms with Crippen molar-refractivity contribution in [2.45, 2.75) is 0 Å². The van der Waals surface area contributed by atoms with Crippen molar-refractivity contribution in [3.8, 4) is 0 Å². The predicted octanol–water partition coefficient (Wildman–Crippen LogP) is 4.34. The second-order valence-electron chi connectivity index (χ2n) is 4.06. The fraction of sp³-hybridized carbons (Fsp3) is 0. The normalized spacial score (nSPS) is 11.3. The smallest absolute Gasteiger partial charge is 0.0458 e. The molecule has 0 amide bonds. The molecule has 3 aromatic rings. The van der Waals surface area contributed by atoms with Crippen molar-refractivity contribution in [1.29, 1.82) is 0 Å². The first kappa shape index (κ1) is 9.91. The van der Waals surface area contributed by atoms with Crippen molar-refractivity contribution >= 4 is 23.1 Å². The molecule has 2 aromatic carbocycles. The number of para-hydroxylation sites is 1. The minimum atomic E-state index is 1.13. The number of hydrogen-bond donors (Lipinski definition) is 1. The van der Waals surface area contributed by atoms with E-state index in [0.29, 0.717) is 0 Å². The molecule has 0 spiro atoms. The minimum absolute atomic E-state index is 1.13. The Hall–Kier alpha value is -2.28. The fourth-order valence-corrected chi connectivity index (χ4v) is 1.94. The fourth-order valence-electron chi connectivity index (χ4n) is 1.94. The highest BCUT2D eigenvalue weighted by molar-refractivity contribution is 5.84. The molecule has 0 aliphatic heterocycles. The molecule has 1 heteroatoms. The standard InChI is InChI=1S/C16H13N/c1-2-6-13(7-3-1)10-11-15-12-14-8-4-5-9-16(14)17-15/h1-12,17H/b11-10-. The summed E-state index contributed by atoms with van der Waals surface area (Å²) in [5, 5.41) is 1.25. The minimum Gasteiger partial charge on any atom is -0.355 e. The maximum Gasteiger partial charge on any atom is 0.0458 e. The van der Waals surface area contributed by atoms with Gasteiger partial charge in [-0.3, -0.25) is 0 Å². The first-order chi connectivity index (χ1) is 8.42. The molecule has 0 aliphatic carbocycles. The van der Waals surface area contributed by atoms with Crippen LogP contribution in [-0.4, -0.2) is 4.98 Å². The van der Waals surface area contributed by atoms with Gasteiger partial charge < -0.3 is 4.98 Å². The Morgan fingerprint density at radius 2 is 1.53 bits per heavy atom. The first-order valence-electron chi connectivity index (χ1n) is 5.73. The van der Waals surface area contributed by atoms with Crippen LogP contribution in [0.1, 0.15) is 11.3 Å². The Morgan fingerprint density at radius 1 is 0.765 bits per heavy atom. The van der Waals surface area contributed by atoms with Gasteiger partial charge in [-0.15, -0.1) is 0 Å². The second kappa shape index (κ2) is 4.30. The van der Waals surface area contributed by atoms with Crippen molar-refractivity contribution in [3.05, 3.63) is 71.9 Å².